The zero-order valence-corrected chi connectivity index (χ0v) is 28.2. The largest absolute Gasteiger partial charge is 0.498 e. The molecule has 11 nitrogen and oxygen atoms in total. The van der Waals surface area contributed by atoms with Gasteiger partial charge in [0.2, 0.25) is 5.91 Å². The maximum Gasteiger partial charge on any atom is 0.251 e. The van der Waals surface area contributed by atoms with E-state index in [4.69, 9.17) is 14.5 Å². The van der Waals surface area contributed by atoms with Crippen molar-refractivity contribution >= 4 is 17.8 Å². The summed E-state index contributed by atoms with van der Waals surface area (Å²) >= 11 is 0. The molecule has 0 aromatic heterocycles. The number of carbonyl (C=O) groups is 2. The van der Waals surface area contributed by atoms with Crippen LogP contribution in [-0.4, -0.2) is 103 Å². The number of likely N-dealkylation sites (N-methyl/N-ethyl adjacent to an activating group) is 2. The van der Waals surface area contributed by atoms with Crippen LogP contribution < -0.4 is 15.4 Å². The van der Waals surface area contributed by atoms with E-state index in [0.29, 0.717) is 29.8 Å². The molecule has 47 heavy (non-hydrogen) atoms. The van der Waals surface area contributed by atoms with E-state index in [-0.39, 0.29) is 29.4 Å². The highest BCUT2D eigenvalue weighted by Gasteiger charge is 2.57. The molecule has 1 aromatic rings. The molecule has 4 fully saturated rings. The summed E-state index contributed by atoms with van der Waals surface area (Å²) in [6.07, 6.45) is 16.8. The summed E-state index contributed by atoms with van der Waals surface area (Å²) in [6.45, 7) is 3.97. The maximum atomic E-state index is 13.5. The van der Waals surface area contributed by atoms with Crippen LogP contribution in [0, 0.1) is 11.3 Å². The van der Waals surface area contributed by atoms with Crippen molar-refractivity contribution in [3.05, 3.63) is 53.7 Å². The van der Waals surface area contributed by atoms with Gasteiger partial charge in [-0.2, -0.15) is 0 Å². The molecule has 3 aliphatic carbocycles. The van der Waals surface area contributed by atoms with Crippen LogP contribution in [0.25, 0.3) is 0 Å². The lowest BCUT2D eigenvalue weighted by Gasteiger charge is -2.45. The van der Waals surface area contributed by atoms with Crippen molar-refractivity contribution < 1.29 is 19.1 Å². The number of carbonyl (C=O) groups excluding carboxylic acids is 2. The van der Waals surface area contributed by atoms with E-state index in [9.17, 15) is 9.59 Å². The molecule has 1 saturated heterocycles. The molecule has 3 saturated carbocycles. The normalized spacial score (nSPS) is 28.4. The average molecular weight is 646 g/mol. The van der Waals surface area contributed by atoms with Crippen LogP contribution in [0.2, 0.25) is 0 Å². The zero-order valence-electron chi connectivity index (χ0n) is 28.2. The predicted molar refractivity (Wildman–Crippen MR) is 180 cm³/mol. The van der Waals surface area contributed by atoms with E-state index in [2.05, 4.69) is 32.4 Å². The van der Waals surface area contributed by atoms with Crippen molar-refractivity contribution in [3.8, 4) is 5.75 Å². The minimum atomic E-state index is -0.241. The first-order chi connectivity index (χ1) is 22.8. The Morgan fingerprint density at radius 3 is 2.62 bits per heavy atom. The molecule has 3 heterocycles. The number of methoxy groups -OCH3 is 1. The molecular weight excluding hydrogens is 594 g/mol. The topological polar surface area (TPSA) is 102 Å². The van der Waals surface area contributed by atoms with Gasteiger partial charge in [-0.1, -0.05) is 18.9 Å². The van der Waals surface area contributed by atoms with E-state index < -0.39 is 0 Å². The first-order valence-electron chi connectivity index (χ1n) is 17.6. The van der Waals surface area contributed by atoms with Gasteiger partial charge in [-0.15, -0.1) is 0 Å². The van der Waals surface area contributed by atoms with E-state index in [1.54, 1.807) is 13.4 Å². The summed E-state index contributed by atoms with van der Waals surface area (Å²) in [5.41, 5.74) is 2.27. The number of nitrogens with one attached hydrogen (secondary N) is 2. The molecule has 1 atom stereocenters. The first-order valence-corrected chi connectivity index (χ1v) is 17.6. The number of hydrogen-bond donors (Lipinski definition) is 2. The summed E-state index contributed by atoms with van der Waals surface area (Å²) in [4.78, 5) is 40.8. The van der Waals surface area contributed by atoms with Crippen LogP contribution >= 0.6 is 0 Å². The molecule has 2 amide bonds. The minimum Gasteiger partial charge on any atom is -0.498 e. The van der Waals surface area contributed by atoms with Crippen molar-refractivity contribution in [3.63, 3.8) is 0 Å². The number of hydrogen-bond acceptors (Lipinski definition) is 7. The maximum absolute atomic E-state index is 13.5. The molecule has 0 radical (unpaired) electrons. The van der Waals surface area contributed by atoms with Crippen LogP contribution in [0.15, 0.2) is 47.6 Å². The highest BCUT2D eigenvalue weighted by atomic mass is 16.5. The molecule has 2 N–H and O–H groups in total. The second-order valence-corrected chi connectivity index (χ2v) is 14.5. The number of rotatable bonds is 8. The van der Waals surface area contributed by atoms with Crippen LogP contribution in [0.5, 0.6) is 5.75 Å². The Morgan fingerprint density at radius 2 is 1.91 bits per heavy atom. The van der Waals surface area contributed by atoms with Gasteiger partial charge in [-0.3, -0.25) is 14.5 Å². The average Bonchev–Trinajstić information content (AvgIpc) is 3.70. The van der Waals surface area contributed by atoms with E-state index in [1.165, 1.54) is 25.7 Å². The summed E-state index contributed by atoms with van der Waals surface area (Å²) in [5.74, 6) is 2.26. The van der Waals surface area contributed by atoms with Crippen molar-refractivity contribution in [2.24, 2.45) is 16.3 Å². The molecule has 0 bridgehead atoms. The summed E-state index contributed by atoms with van der Waals surface area (Å²) in [7, 11) is 5.64. The number of benzene rings is 1. The second kappa shape index (κ2) is 13.4. The van der Waals surface area contributed by atoms with Gasteiger partial charge in [0, 0.05) is 62.8 Å². The van der Waals surface area contributed by atoms with Crippen LogP contribution in [0.4, 0.5) is 0 Å². The Balaban J connectivity index is 0.999. The third-order valence-corrected chi connectivity index (χ3v) is 11.4. The van der Waals surface area contributed by atoms with Gasteiger partial charge in [-0.05, 0) is 69.4 Å². The molecule has 254 valence electrons. The molecule has 11 heteroatoms. The number of guanidine groups is 1. The number of aliphatic imine (C=N–C) groups is 1. The third kappa shape index (κ3) is 6.55. The Morgan fingerprint density at radius 1 is 1.13 bits per heavy atom. The van der Waals surface area contributed by atoms with Gasteiger partial charge in [-0.25, -0.2) is 4.99 Å². The third-order valence-electron chi connectivity index (χ3n) is 11.4. The van der Waals surface area contributed by atoms with Gasteiger partial charge in [0.25, 0.3) is 5.91 Å². The minimum absolute atomic E-state index is 0.0498. The van der Waals surface area contributed by atoms with E-state index >= 15 is 0 Å². The number of fused-ring (bicyclic) bond motifs is 1. The van der Waals surface area contributed by atoms with Crippen molar-refractivity contribution in [1.29, 1.82) is 0 Å². The van der Waals surface area contributed by atoms with Crippen LogP contribution in [-0.2, 0) is 16.1 Å². The van der Waals surface area contributed by atoms with Gasteiger partial charge in [0.05, 0.1) is 37.6 Å². The van der Waals surface area contributed by atoms with Crippen LogP contribution in [0.1, 0.15) is 80.1 Å². The fraction of sp³-hybridized carbons (Fsp3) is 0.639. The summed E-state index contributed by atoms with van der Waals surface area (Å²) in [6, 6.07) is 6.33. The molecule has 1 spiro atoms. The lowest BCUT2D eigenvalue weighted by Crippen LogP contribution is -2.59. The number of nitrogens with zero attached hydrogens (tertiary/aromatic N) is 5. The van der Waals surface area contributed by atoms with Gasteiger partial charge < -0.3 is 34.8 Å². The van der Waals surface area contributed by atoms with Crippen molar-refractivity contribution in [1.82, 2.24) is 30.2 Å². The van der Waals surface area contributed by atoms with Crippen molar-refractivity contribution in [2.45, 2.75) is 89.0 Å². The molecular formula is C36H51N7O4. The van der Waals surface area contributed by atoms with Gasteiger partial charge >= 0.3 is 0 Å². The van der Waals surface area contributed by atoms with E-state index in [1.807, 2.05) is 42.5 Å². The Kier molecular flexibility index (Phi) is 9.09. The Hall–Kier alpha value is -3.73. The fourth-order valence-corrected chi connectivity index (χ4v) is 8.37. The first kappa shape index (κ1) is 31.8. The number of amides is 2. The summed E-state index contributed by atoms with van der Waals surface area (Å²) < 4.78 is 11.1. The second-order valence-electron chi connectivity index (χ2n) is 14.5. The number of ether oxygens (including phenoxy) is 2. The monoisotopic (exact) mass is 645 g/mol. The quantitative estimate of drug-likeness (QED) is 0.440. The van der Waals surface area contributed by atoms with Gasteiger partial charge in [0.15, 0.2) is 5.96 Å². The molecule has 7 rings (SSSR count). The molecule has 1 unspecified atom stereocenters. The molecule has 1 aromatic carbocycles. The lowest BCUT2D eigenvalue weighted by atomic mass is 9.85. The Bertz CT molecular complexity index is 1420. The predicted octanol–water partition coefficient (Wildman–Crippen LogP) is 3.84. The molecule has 6 aliphatic rings. The van der Waals surface area contributed by atoms with Crippen molar-refractivity contribution in [2.75, 3.05) is 47.4 Å². The van der Waals surface area contributed by atoms with Gasteiger partial charge in [0.1, 0.15) is 18.5 Å². The smallest absolute Gasteiger partial charge is 0.251 e. The van der Waals surface area contributed by atoms with E-state index in [0.717, 1.165) is 82.0 Å². The fourth-order valence-electron chi connectivity index (χ4n) is 8.37. The molecule has 3 aliphatic heterocycles. The zero-order chi connectivity index (χ0) is 32.5. The SMILES string of the molecule is COc1cc(C(=O)NC2CCC(CN3C=COCC3)CC2)ccc1CN=C1NC=C2C(N1C)N(C1CCCC1)CC1(CC1)C(=O)N2C. The summed E-state index contributed by atoms with van der Waals surface area (Å²) in [5, 5.41) is 6.66. The Labute approximate surface area is 279 Å². The standard InChI is InChI=1S/C36H51N7O4/c1-40-30-22-38-35(41(2)33(30)43(29-6-4-5-7-29)24-36(14-15-36)34(40)45)37-21-27-11-10-26(20-31(27)46-3)32(44)39-28-12-8-25(9-13-28)23-42-16-18-47-19-17-42/h10-11,16,18,20,22,25,28-29,33H,4-9,12-15,17,19,21,23-24H2,1-3H3,(H,37,38)(H,39,44). The lowest BCUT2D eigenvalue weighted by molar-refractivity contribution is -0.133. The van der Waals surface area contributed by atoms with Crippen LogP contribution in [0.3, 0.4) is 0 Å². The highest BCUT2D eigenvalue weighted by Crippen LogP contribution is 2.51. The highest BCUT2D eigenvalue weighted by molar-refractivity contribution is 5.95.